The molecule has 2 N–H and O–H groups in total. The monoisotopic (exact) mass is 278 g/mol. The lowest BCUT2D eigenvalue weighted by molar-refractivity contribution is 0.379. The first-order chi connectivity index (χ1) is 9.71. The number of nitrogens with one attached hydrogen (secondary N) is 2. The normalized spacial score (nSPS) is 10.3. The van der Waals surface area contributed by atoms with Crippen LogP contribution in [0.25, 0.3) is 0 Å². The number of nitrogens with zero attached hydrogens (tertiary/aromatic N) is 4. The molecular formula is C12H18N6O2. The predicted octanol–water partition coefficient (Wildman–Crippen LogP) is 1.61. The van der Waals surface area contributed by atoms with Gasteiger partial charge in [-0.3, -0.25) is 0 Å². The largest absolute Gasteiger partial charge is 0.467 e. The first-order valence-electron chi connectivity index (χ1n) is 6.40. The summed E-state index contributed by atoms with van der Waals surface area (Å²) in [5.74, 6) is 2.22. The van der Waals surface area contributed by atoms with E-state index in [2.05, 4.69) is 37.5 Å². The molecule has 0 unspecified atom stereocenters. The van der Waals surface area contributed by atoms with Crippen molar-refractivity contribution < 1.29 is 9.15 Å². The Morgan fingerprint density at radius 3 is 2.55 bits per heavy atom. The van der Waals surface area contributed by atoms with Gasteiger partial charge in [-0.1, -0.05) is 6.92 Å². The maximum absolute atomic E-state index is 5.37. The molecule has 2 heterocycles. The third kappa shape index (κ3) is 3.81. The number of rotatable bonds is 7. The van der Waals surface area contributed by atoms with Crippen molar-refractivity contribution in [2.45, 2.75) is 26.8 Å². The number of methoxy groups -OCH3 is 1. The van der Waals surface area contributed by atoms with Crippen LogP contribution in [0, 0.1) is 6.92 Å². The van der Waals surface area contributed by atoms with Gasteiger partial charge in [0.15, 0.2) is 0 Å². The van der Waals surface area contributed by atoms with E-state index in [0.29, 0.717) is 24.3 Å². The Bertz CT molecular complexity index is 557. The van der Waals surface area contributed by atoms with Crippen molar-refractivity contribution >= 4 is 11.9 Å². The highest BCUT2D eigenvalue weighted by molar-refractivity contribution is 5.35. The van der Waals surface area contributed by atoms with Crippen LogP contribution in [0.15, 0.2) is 10.6 Å². The van der Waals surface area contributed by atoms with Crippen molar-refractivity contribution in [1.82, 2.24) is 19.9 Å². The van der Waals surface area contributed by atoms with Crippen LogP contribution in [0.4, 0.5) is 11.9 Å². The number of ether oxygens (including phenoxy) is 1. The minimum Gasteiger partial charge on any atom is -0.467 e. The highest BCUT2D eigenvalue weighted by Gasteiger charge is 2.07. The summed E-state index contributed by atoms with van der Waals surface area (Å²) in [5.41, 5.74) is 0. The topological polar surface area (TPSA) is 98.0 Å². The third-order valence-electron chi connectivity index (χ3n) is 2.40. The van der Waals surface area contributed by atoms with Crippen molar-refractivity contribution in [3.05, 3.63) is 17.8 Å². The molecule has 0 saturated carbocycles. The Morgan fingerprint density at radius 1 is 1.20 bits per heavy atom. The first kappa shape index (κ1) is 14.0. The molecule has 0 aromatic carbocycles. The van der Waals surface area contributed by atoms with Gasteiger partial charge in [0.25, 0.3) is 0 Å². The van der Waals surface area contributed by atoms with E-state index in [1.807, 2.05) is 6.92 Å². The highest BCUT2D eigenvalue weighted by Crippen LogP contribution is 2.12. The number of oxazole rings is 1. The van der Waals surface area contributed by atoms with Crippen LogP contribution in [0.1, 0.15) is 25.0 Å². The van der Waals surface area contributed by atoms with E-state index in [-0.39, 0.29) is 6.01 Å². The summed E-state index contributed by atoms with van der Waals surface area (Å²) in [5, 5.41) is 6.12. The summed E-state index contributed by atoms with van der Waals surface area (Å²) in [6.07, 6.45) is 2.64. The van der Waals surface area contributed by atoms with Gasteiger partial charge in [0.2, 0.25) is 17.8 Å². The van der Waals surface area contributed by atoms with Crippen molar-refractivity contribution in [3.8, 4) is 6.01 Å². The molecule has 0 atom stereocenters. The third-order valence-corrected chi connectivity index (χ3v) is 2.40. The van der Waals surface area contributed by atoms with E-state index in [9.17, 15) is 0 Å². The van der Waals surface area contributed by atoms with Gasteiger partial charge in [-0.05, 0) is 13.3 Å². The van der Waals surface area contributed by atoms with E-state index >= 15 is 0 Å². The zero-order chi connectivity index (χ0) is 14.4. The Labute approximate surface area is 117 Å². The minimum absolute atomic E-state index is 0.254. The molecule has 0 radical (unpaired) electrons. The lowest BCUT2D eigenvalue weighted by Crippen LogP contribution is -2.10. The van der Waals surface area contributed by atoms with Crippen LogP contribution in [0.2, 0.25) is 0 Å². The van der Waals surface area contributed by atoms with Crippen LogP contribution >= 0.6 is 0 Å². The minimum atomic E-state index is 0.254. The SMILES string of the molecule is CCCNc1nc(NCc2ncc(C)o2)nc(OC)n1. The van der Waals surface area contributed by atoms with E-state index in [1.165, 1.54) is 7.11 Å². The molecule has 0 aliphatic carbocycles. The number of hydrogen-bond acceptors (Lipinski definition) is 8. The van der Waals surface area contributed by atoms with Gasteiger partial charge in [0, 0.05) is 6.54 Å². The molecular weight excluding hydrogens is 260 g/mol. The second-order valence-corrected chi connectivity index (χ2v) is 4.11. The van der Waals surface area contributed by atoms with E-state index in [4.69, 9.17) is 9.15 Å². The second kappa shape index (κ2) is 6.69. The van der Waals surface area contributed by atoms with Crippen LogP contribution < -0.4 is 15.4 Å². The lowest BCUT2D eigenvalue weighted by atomic mass is 10.5. The molecule has 20 heavy (non-hydrogen) atoms. The molecule has 0 amide bonds. The first-order valence-corrected chi connectivity index (χ1v) is 6.40. The Morgan fingerprint density at radius 2 is 1.95 bits per heavy atom. The van der Waals surface area contributed by atoms with E-state index in [0.717, 1.165) is 18.7 Å². The summed E-state index contributed by atoms with van der Waals surface area (Å²) in [6.45, 7) is 5.09. The Balaban J connectivity index is 2.05. The second-order valence-electron chi connectivity index (χ2n) is 4.11. The molecule has 2 aromatic rings. The predicted molar refractivity (Wildman–Crippen MR) is 73.7 cm³/mol. The van der Waals surface area contributed by atoms with Gasteiger partial charge in [-0.25, -0.2) is 4.98 Å². The molecule has 0 spiro atoms. The fraction of sp³-hybridized carbons (Fsp3) is 0.500. The molecule has 2 rings (SSSR count). The van der Waals surface area contributed by atoms with E-state index < -0.39 is 0 Å². The Kier molecular flexibility index (Phi) is 4.70. The zero-order valence-corrected chi connectivity index (χ0v) is 11.8. The smallest absolute Gasteiger partial charge is 0.322 e. The maximum atomic E-state index is 5.37. The molecule has 0 fully saturated rings. The van der Waals surface area contributed by atoms with Crippen LogP contribution in [0.3, 0.4) is 0 Å². The van der Waals surface area contributed by atoms with Crippen molar-refractivity contribution in [2.24, 2.45) is 0 Å². The van der Waals surface area contributed by atoms with Crippen LogP contribution in [-0.4, -0.2) is 33.6 Å². The van der Waals surface area contributed by atoms with Gasteiger partial charge in [-0.2, -0.15) is 15.0 Å². The molecule has 0 saturated heterocycles. The summed E-state index contributed by atoms with van der Waals surface area (Å²) >= 11 is 0. The van der Waals surface area contributed by atoms with Gasteiger partial charge in [0.05, 0.1) is 19.9 Å². The van der Waals surface area contributed by atoms with Gasteiger partial charge in [-0.15, -0.1) is 0 Å². The summed E-state index contributed by atoms with van der Waals surface area (Å²) in [6, 6.07) is 0.254. The molecule has 8 nitrogen and oxygen atoms in total. The van der Waals surface area contributed by atoms with Gasteiger partial charge in [0.1, 0.15) is 5.76 Å². The summed E-state index contributed by atoms with van der Waals surface area (Å²) in [4.78, 5) is 16.6. The standard InChI is InChI=1S/C12H18N6O2/c1-4-5-13-10-16-11(18-12(17-10)19-3)15-7-9-14-6-8(2)20-9/h6H,4-5,7H2,1-3H3,(H2,13,15,16,17,18). The lowest BCUT2D eigenvalue weighted by Gasteiger charge is -2.07. The van der Waals surface area contributed by atoms with Gasteiger partial charge >= 0.3 is 6.01 Å². The molecule has 108 valence electrons. The van der Waals surface area contributed by atoms with Crippen molar-refractivity contribution in [2.75, 3.05) is 24.3 Å². The summed E-state index contributed by atoms with van der Waals surface area (Å²) < 4.78 is 10.4. The number of aromatic nitrogens is 4. The molecule has 0 bridgehead atoms. The van der Waals surface area contributed by atoms with E-state index in [1.54, 1.807) is 6.20 Å². The quantitative estimate of drug-likeness (QED) is 0.788. The van der Waals surface area contributed by atoms with Crippen LogP contribution in [0.5, 0.6) is 6.01 Å². The number of aryl methyl sites for hydroxylation is 1. The Hall–Kier alpha value is -2.38. The van der Waals surface area contributed by atoms with Crippen molar-refractivity contribution in [3.63, 3.8) is 0 Å². The number of hydrogen-bond donors (Lipinski definition) is 2. The average molecular weight is 278 g/mol. The number of anilines is 2. The summed E-state index contributed by atoms with van der Waals surface area (Å²) in [7, 11) is 1.51. The average Bonchev–Trinajstić information content (AvgIpc) is 2.88. The molecule has 0 aliphatic rings. The zero-order valence-electron chi connectivity index (χ0n) is 11.8. The van der Waals surface area contributed by atoms with Crippen molar-refractivity contribution in [1.29, 1.82) is 0 Å². The maximum Gasteiger partial charge on any atom is 0.322 e. The van der Waals surface area contributed by atoms with Crippen LogP contribution in [-0.2, 0) is 6.54 Å². The fourth-order valence-electron chi connectivity index (χ4n) is 1.48. The molecule has 8 heteroatoms. The highest BCUT2D eigenvalue weighted by atomic mass is 16.5. The van der Waals surface area contributed by atoms with Gasteiger partial charge < -0.3 is 19.8 Å². The molecule has 0 aliphatic heterocycles. The fourth-order valence-corrected chi connectivity index (χ4v) is 1.48. The molecule has 2 aromatic heterocycles.